The number of amides is 1. The van der Waals surface area contributed by atoms with E-state index < -0.39 is 0 Å². The molecular weight excluding hydrogens is 166 g/mol. The van der Waals surface area contributed by atoms with E-state index >= 15 is 0 Å². The molecule has 0 fully saturated rings. The van der Waals surface area contributed by atoms with Crippen LogP contribution in [0.3, 0.4) is 0 Å². The van der Waals surface area contributed by atoms with Gasteiger partial charge in [-0.15, -0.1) is 0 Å². The Kier molecular flexibility index (Phi) is 2.74. The van der Waals surface area contributed by atoms with E-state index in [9.17, 15) is 4.79 Å². The Labute approximate surface area is 76.9 Å². The van der Waals surface area contributed by atoms with E-state index in [2.05, 4.69) is 5.32 Å². The van der Waals surface area contributed by atoms with Crippen molar-refractivity contribution in [2.75, 3.05) is 18.5 Å². The van der Waals surface area contributed by atoms with E-state index in [0.29, 0.717) is 17.8 Å². The maximum absolute atomic E-state index is 11.0. The Morgan fingerprint density at radius 1 is 1.38 bits per heavy atom. The molecule has 1 aromatic rings. The largest absolute Gasteiger partial charge is 0.397 e. The van der Waals surface area contributed by atoms with Crippen LogP contribution in [0.4, 0.5) is 11.4 Å². The minimum atomic E-state index is -0.0378. The minimum absolute atomic E-state index is 0.0378. The zero-order valence-electron chi connectivity index (χ0n) is 7.50. The first-order valence-corrected chi connectivity index (χ1v) is 3.98. The summed E-state index contributed by atoms with van der Waals surface area (Å²) < 4.78 is 0. The second-order valence-corrected chi connectivity index (χ2v) is 2.81. The highest BCUT2D eigenvalue weighted by Crippen LogP contribution is 2.16. The van der Waals surface area contributed by atoms with E-state index in [-0.39, 0.29) is 5.91 Å². The highest BCUT2D eigenvalue weighted by atomic mass is 16.1. The van der Waals surface area contributed by atoms with Crippen molar-refractivity contribution in [3.05, 3.63) is 23.8 Å². The van der Waals surface area contributed by atoms with Crippen molar-refractivity contribution in [2.24, 2.45) is 0 Å². The summed E-state index contributed by atoms with van der Waals surface area (Å²) in [6, 6.07) is 5.21. The summed E-state index contributed by atoms with van der Waals surface area (Å²) in [7, 11) is 1.60. The van der Waals surface area contributed by atoms with Gasteiger partial charge in [0.2, 0.25) is 5.91 Å². The molecule has 5 N–H and O–H groups in total. The van der Waals surface area contributed by atoms with Crippen LogP contribution < -0.4 is 16.8 Å². The van der Waals surface area contributed by atoms with Crippen molar-refractivity contribution in [3.8, 4) is 0 Å². The van der Waals surface area contributed by atoms with E-state index in [0.717, 1.165) is 5.56 Å². The van der Waals surface area contributed by atoms with E-state index in [1.54, 1.807) is 25.2 Å². The normalized spacial score (nSPS) is 9.62. The van der Waals surface area contributed by atoms with Crippen molar-refractivity contribution in [2.45, 2.75) is 6.42 Å². The van der Waals surface area contributed by atoms with E-state index in [1.165, 1.54) is 0 Å². The number of hydrogen-bond donors (Lipinski definition) is 3. The third-order valence-electron chi connectivity index (χ3n) is 1.79. The monoisotopic (exact) mass is 179 g/mol. The molecule has 0 saturated heterocycles. The standard InChI is InChI=1S/C9H13N3O/c1-12-9(13)5-6-2-3-7(10)8(11)4-6/h2-4H,5,10-11H2,1H3,(H,12,13). The van der Waals surface area contributed by atoms with E-state index in [4.69, 9.17) is 11.5 Å². The van der Waals surface area contributed by atoms with Crippen LogP contribution in [-0.4, -0.2) is 13.0 Å². The molecule has 0 bridgehead atoms. The molecule has 0 unspecified atom stereocenters. The molecule has 0 radical (unpaired) electrons. The van der Waals surface area contributed by atoms with Crippen LogP contribution >= 0.6 is 0 Å². The van der Waals surface area contributed by atoms with Gasteiger partial charge in [-0.3, -0.25) is 4.79 Å². The average molecular weight is 179 g/mol. The van der Waals surface area contributed by atoms with Gasteiger partial charge < -0.3 is 16.8 Å². The maximum Gasteiger partial charge on any atom is 0.224 e. The molecule has 0 atom stereocenters. The zero-order valence-corrected chi connectivity index (χ0v) is 7.50. The molecule has 1 rings (SSSR count). The summed E-state index contributed by atoms with van der Waals surface area (Å²) in [5.41, 5.74) is 13.0. The Morgan fingerprint density at radius 2 is 2.08 bits per heavy atom. The highest BCUT2D eigenvalue weighted by molar-refractivity contribution is 5.79. The number of benzene rings is 1. The van der Waals surface area contributed by atoms with Gasteiger partial charge in [0.1, 0.15) is 0 Å². The lowest BCUT2D eigenvalue weighted by Crippen LogP contribution is -2.19. The SMILES string of the molecule is CNC(=O)Cc1ccc(N)c(N)c1. The predicted octanol–water partition coefficient (Wildman–Crippen LogP) is 0.139. The van der Waals surface area contributed by atoms with Crippen LogP contribution in [0.5, 0.6) is 0 Å². The van der Waals surface area contributed by atoms with Crippen LogP contribution in [0.1, 0.15) is 5.56 Å². The summed E-state index contributed by atoms with van der Waals surface area (Å²) in [5, 5.41) is 2.54. The third kappa shape index (κ3) is 2.37. The highest BCUT2D eigenvalue weighted by Gasteiger charge is 2.02. The molecule has 13 heavy (non-hydrogen) atoms. The fourth-order valence-corrected chi connectivity index (χ4v) is 1.01. The van der Waals surface area contributed by atoms with Crippen molar-refractivity contribution < 1.29 is 4.79 Å². The first-order chi connectivity index (χ1) is 6.13. The Balaban J connectivity index is 2.79. The number of carbonyl (C=O) groups is 1. The lowest BCUT2D eigenvalue weighted by molar-refractivity contribution is -0.119. The van der Waals surface area contributed by atoms with Gasteiger partial charge in [0.25, 0.3) is 0 Å². The van der Waals surface area contributed by atoms with Gasteiger partial charge in [0, 0.05) is 7.05 Å². The maximum atomic E-state index is 11.0. The van der Waals surface area contributed by atoms with Gasteiger partial charge in [0.05, 0.1) is 17.8 Å². The van der Waals surface area contributed by atoms with E-state index in [1.807, 2.05) is 0 Å². The number of hydrogen-bond acceptors (Lipinski definition) is 3. The molecular formula is C9H13N3O. The molecule has 0 saturated carbocycles. The van der Waals surface area contributed by atoms with Gasteiger partial charge in [-0.25, -0.2) is 0 Å². The summed E-state index contributed by atoms with van der Waals surface area (Å²) in [6.45, 7) is 0. The summed E-state index contributed by atoms with van der Waals surface area (Å²) >= 11 is 0. The number of rotatable bonds is 2. The first kappa shape index (κ1) is 9.38. The molecule has 4 nitrogen and oxygen atoms in total. The number of nitrogen functional groups attached to an aromatic ring is 2. The molecule has 0 aliphatic heterocycles. The summed E-state index contributed by atoms with van der Waals surface area (Å²) in [4.78, 5) is 11.0. The van der Waals surface area contributed by atoms with Crippen molar-refractivity contribution in [1.29, 1.82) is 0 Å². The van der Waals surface area contributed by atoms with Gasteiger partial charge in [-0.2, -0.15) is 0 Å². The molecule has 0 aliphatic carbocycles. The number of nitrogens with one attached hydrogen (secondary N) is 1. The van der Waals surface area contributed by atoms with Crippen molar-refractivity contribution >= 4 is 17.3 Å². The van der Waals surface area contributed by atoms with Gasteiger partial charge in [-0.1, -0.05) is 6.07 Å². The average Bonchev–Trinajstić information content (AvgIpc) is 2.11. The van der Waals surface area contributed by atoms with Crippen LogP contribution in [-0.2, 0) is 11.2 Å². The minimum Gasteiger partial charge on any atom is -0.397 e. The zero-order chi connectivity index (χ0) is 9.84. The summed E-state index contributed by atoms with van der Waals surface area (Å²) in [5.74, 6) is -0.0378. The molecule has 0 spiro atoms. The molecule has 0 aliphatic rings. The smallest absolute Gasteiger partial charge is 0.224 e. The molecule has 70 valence electrons. The summed E-state index contributed by atoms with van der Waals surface area (Å²) in [6.07, 6.45) is 0.334. The lowest BCUT2D eigenvalue weighted by atomic mass is 10.1. The van der Waals surface area contributed by atoms with Crippen LogP contribution in [0, 0.1) is 0 Å². The molecule has 1 amide bonds. The Hall–Kier alpha value is -1.71. The molecule has 0 aromatic heterocycles. The van der Waals surface area contributed by atoms with Crippen LogP contribution in [0.25, 0.3) is 0 Å². The number of anilines is 2. The number of likely N-dealkylation sites (N-methyl/N-ethyl adjacent to an activating group) is 1. The predicted molar refractivity (Wildman–Crippen MR) is 53.0 cm³/mol. The second kappa shape index (κ2) is 3.80. The lowest BCUT2D eigenvalue weighted by Gasteiger charge is -2.03. The molecule has 4 heteroatoms. The van der Waals surface area contributed by atoms with Crippen LogP contribution in [0.15, 0.2) is 18.2 Å². The quantitative estimate of drug-likeness (QED) is 0.565. The van der Waals surface area contributed by atoms with Crippen molar-refractivity contribution in [1.82, 2.24) is 5.32 Å². The third-order valence-corrected chi connectivity index (χ3v) is 1.79. The van der Waals surface area contributed by atoms with Gasteiger partial charge in [0.15, 0.2) is 0 Å². The fraction of sp³-hybridized carbons (Fsp3) is 0.222. The van der Waals surface area contributed by atoms with Crippen molar-refractivity contribution in [3.63, 3.8) is 0 Å². The first-order valence-electron chi connectivity index (χ1n) is 3.98. The molecule has 0 heterocycles. The van der Waals surface area contributed by atoms with Gasteiger partial charge in [-0.05, 0) is 17.7 Å². The Bertz CT molecular complexity index is 323. The molecule has 1 aromatic carbocycles. The van der Waals surface area contributed by atoms with Gasteiger partial charge >= 0.3 is 0 Å². The fourth-order valence-electron chi connectivity index (χ4n) is 1.01. The second-order valence-electron chi connectivity index (χ2n) is 2.81. The number of carbonyl (C=O) groups excluding carboxylic acids is 1. The number of nitrogens with two attached hydrogens (primary N) is 2. The van der Waals surface area contributed by atoms with Crippen LogP contribution in [0.2, 0.25) is 0 Å². The Morgan fingerprint density at radius 3 is 2.62 bits per heavy atom. The topological polar surface area (TPSA) is 81.1 Å².